The second kappa shape index (κ2) is 10.1. The third-order valence-corrected chi connectivity index (χ3v) is 11.0. The van der Waals surface area contributed by atoms with E-state index in [9.17, 15) is 5.11 Å². The van der Waals surface area contributed by atoms with E-state index in [4.69, 9.17) is 4.74 Å². The lowest BCUT2D eigenvalue weighted by atomic mass is 9.47. The Labute approximate surface area is 199 Å². The number of allylic oxidation sites excluding steroid dienone is 1. The van der Waals surface area contributed by atoms with Crippen molar-refractivity contribution in [2.75, 3.05) is 13.2 Å². The van der Waals surface area contributed by atoms with Gasteiger partial charge in [0, 0.05) is 13.2 Å². The Bertz CT molecular complexity index is 655. The van der Waals surface area contributed by atoms with Crippen LogP contribution in [-0.2, 0) is 4.74 Å². The van der Waals surface area contributed by atoms with Crippen LogP contribution in [0.4, 0.5) is 0 Å². The van der Waals surface area contributed by atoms with Gasteiger partial charge in [-0.1, -0.05) is 59.1 Å². The van der Waals surface area contributed by atoms with Crippen molar-refractivity contribution < 1.29 is 9.84 Å². The van der Waals surface area contributed by atoms with Crippen molar-refractivity contribution >= 4 is 0 Å². The molecule has 0 aromatic rings. The molecule has 0 heterocycles. The fourth-order valence-corrected chi connectivity index (χ4v) is 9.11. The molecule has 0 bridgehead atoms. The first-order valence-corrected chi connectivity index (χ1v) is 14.3. The molecular weight excluding hydrogens is 392 g/mol. The molecule has 0 aliphatic heterocycles. The highest BCUT2D eigenvalue weighted by molar-refractivity contribution is 5.25. The van der Waals surface area contributed by atoms with Crippen molar-refractivity contribution in [2.24, 2.45) is 46.3 Å². The summed E-state index contributed by atoms with van der Waals surface area (Å²) in [6, 6.07) is 0. The van der Waals surface area contributed by atoms with Gasteiger partial charge in [0.15, 0.2) is 0 Å². The van der Waals surface area contributed by atoms with Gasteiger partial charge in [0.1, 0.15) is 0 Å². The number of aliphatic hydroxyl groups is 1. The van der Waals surface area contributed by atoms with Gasteiger partial charge in [0.25, 0.3) is 0 Å². The van der Waals surface area contributed by atoms with E-state index in [0.29, 0.717) is 29.5 Å². The number of hydrogen-bond acceptors (Lipinski definition) is 2. The Hall–Kier alpha value is -0.340. The molecule has 0 spiro atoms. The lowest BCUT2D eigenvalue weighted by Crippen LogP contribution is -2.51. The van der Waals surface area contributed by atoms with E-state index in [0.717, 1.165) is 42.6 Å². The summed E-state index contributed by atoms with van der Waals surface area (Å²) in [4.78, 5) is 0. The van der Waals surface area contributed by atoms with Crippen molar-refractivity contribution in [3.05, 3.63) is 11.6 Å². The lowest BCUT2D eigenvalue weighted by molar-refractivity contribution is -0.0639. The number of aliphatic hydroxyl groups excluding tert-OH is 1. The maximum Gasteiger partial charge on any atom is 0.0612 e. The Morgan fingerprint density at radius 1 is 1.06 bits per heavy atom. The fourth-order valence-electron chi connectivity index (χ4n) is 9.11. The molecule has 0 saturated heterocycles. The van der Waals surface area contributed by atoms with E-state index in [2.05, 4.69) is 40.7 Å². The molecule has 0 aromatic carbocycles. The SMILES string of the molecule is CCCO[C@H]1CC[C@@]2(C)C(=CCC3C2CC[C@@]2(C)C3CC[C@@H]2[C@H](C)CCCC(C)CO)C1. The summed E-state index contributed by atoms with van der Waals surface area (Å²) in [6.45, 7) is 13.6. The van der Waals surface area contributed by atoms with Crippen LogP contribution in [-0.4, -0.2) is 24.4 Å². The molecular formula is C30H52O2. The normalized spacial score (nSPS) is 43.1. The highest BCUT2D eigenvalue weighted by Crippen LogP contribution is 2.67. The largest absolute Gasteiger partial charge is 0.396 e. The monoisotopic (exact) mass is 444 g/mol. The third kappa shape index (κ3) is 4.49. The summed E-state index contributed by atoms with van der Waals surface area (Å²) in [7, 11) is 0. The molecule has 4 rings (SSSR count). The molecule has 2 nitrogen and oxygen atoms in total. The number of rotatable bonds is 9. The fraction of sp³-hybridized carbons (Fsp3) is 0.933. The van der Waals surface area contributed by atoms with Gasteiger partial charge in [-0.2, -0.15) is 0 Å². The van der Waals surface area contributed by atoms with Crippen LogP contribution in [0.1, 0.15) is 112 Å². The zero-order chi connectivity index (χ0) is 22.9. The van der Waals surface area contributed by atoms with E-state index < -0.39 is 0 Å². The van der Waals surface area contributed by atoms with Crippen molar-refractivity contribution in [1.82, 2.24) is 0 Å². The molecule has 4 unspecified atom stereocenters. The number of ether oxygens (including phenoxy) is 1. The smallest absolute Gasteiger partial charge is 0.0612 e. The summed E-state index contributed by atoms with van der Waals surface area (Å²) in [5.41, 5.74) is 2.77. The first kappa shape index (κ1) is 24.8. The van der Waals surface area contributed by atoms with Gasteiger partial charge in [-0.3, -0.25) is 0 Å². The van der Waals surface area contributed by atoms with Crippen molar-refractivity contribution in [2.45, 2.75) is 118 Å². The van der Waals surface area contributed by atoms with Crippen molar-refractivity contribution in [3.8, 4) is 0 Å². The Kier molecular flexibility index (Phi) is 7.82. The maximum absolute atomic E-state index is 9.36. The van der Waals surface area contributed by atoms with Gasteiger partial charge < -0.3 is 9.84 Å². The summed E-state index contributed by atoms with van der Waals surface area (Å²) in [6.07, 6.45) is 19.1. The average molecular weight is 445 g/mol. The molecule has 0 amide bonds. The molecule has 4 aliphatic rings. The minimum Gasteiger partial charge on any atom is -0.396 e. The van der Waals surface area contributed by atoms with Gasteiger partial charge in [-0.05, 0) is 111 Å². The van der Waals surface area contributed by atoms with Gasteiger partial charge >= 0.3 is 0 Å². The van der Waals surface area contributed by atoms with E-state index in [1.54, 1.807) is 5.57 Å². The summed E-state index contributed by atoms with van der Waals surface area (Å²) >= 11 is 0. The van der Waals surface area contributed by atoms with Gasteiger partial charge in [0.05, 0.1) is 6.10 Å². The predicted molar refractivity (Wildman–Crippen MR) is 134 cm³/mol. The second-order valence-corrected chi connectivity index (χ2v) is 12.9. The molecule has 0 aromatic heterocycles. The van der Waals surface area contributed by atoms with E-state index in [1.165, 1.54) is 70.6 Å². The van der Waals surface area contributed by atoms with E-state index in [1.807, 2.05) is 0 Å². The van der Waals surface area contributed by atoms with Crippen LogP contribution in [0.25, 0.3) is 0 Å². The molecule has 1 N–H and O–H groups in total. The molecule has 184 valence electrons. The van der Waals surface area contributed by atoms with Gasteiger partial charge in [-0.15, -0.1) is 0 Å². The standard InChI is InChI=1S/C30H52O2/c1-6-18-32-24-14-16-29(4)23(19-24)10-11-25-27-13-12-26(30(27,5)17-15-28(25)29)22(3)9-7-8-21(2)20-31/h10,21-22,24-28,31H,6-9,11-20H2,1-5H3/t21?,22-,24+,25?,26-,27?,28?,29+,30-/m1/s1. The van der Waals surface area contributed by atoms with Crippen LogP contribution in [0.5, 0.6) is 0 Å². The van der Waals surface area contributed by atoms with Crippen molar-refractivity contribution in [1.29, 1.82) is 0 Å². The lowest BCUT2D eigenvalue weighted by Gasteiger charge is -2.58. The molecule has 32 heavy (non-hydrogen) atoms. The maximum atomic E-state index is 9.36. The van der Waals surface area contributed by atoms with Crippen LogP contribution >= 0.6 is 0 Å². The molecule has 2 heteroatoms. The van der Waals surface area contributed by atoms with E-state index in [-0.39, 0.29) is 0 Å². The topological polar surface area (TPSA) is 29.5 Å². The Balaban J connectivity index is 1.42. The zero-order valence-electron chi connectivity index (χ0n) is 21.9. The van der Waals surface area contributed by atoms with Crippen LogP contribution in [0.3, 0.4) is 0 Å². The Morgan fingerprint density at radius 3 is 2.62 bits per heavy atom. The first-order chi connectivity index (χ1) is 15.3. The molecule has 0 radical (unpaired) electrons. The minimum atomic E-state index is 0.348. The van der Waals surface area contributed by atoms with Crippen LogP contribution in [0.2, 0.25) is 0 Å². The summed E-state index contributed by atoms with van der Waals surface area (Å²) in [5, 5.41) is 9.36. The third-order valence-electron chi connectivity index (χ3n) is 11.0. The van der Waals surface area contributed by atoms with Crippen LogP contribution in [0.15, 0.2) is 11.6 Å². The molecule has 4 aliphatic carbocycles. The molecule has 3 saturated carbocycles. The molecule has 3 fully saturated rings. The minimum absolute atomic E-state index is 0.348. The van der Waals surface area contributed by atoms with Crippen LogP contribution in [0, 0.1) is 46.3 Å². The quantitative estimate of drug-likeness (QED) is 0.368. The number of fused-ring (bicyclic) bond motifs is 5. The van der Waals surface area contributed by atoms with Gasteiger partial charge in [0.2, 0.25) is 0 Å². The van der Waals surface area contributed by atoms with E-state index >= 15 is 0 Å². The summed E-state index contributed by atoms with van der Waals surface area (Å²) in [5.74, 6) is 4.98. The van der Waals surface area contributed by atoms with Crippen LogP contribution < -0.4 is 0 Å². The number of hydrogen-bond donors (Lipinski definition) is 1. The molecule has 9 atom stereocenters. The van der Waals surface area contributed by atoms with Gasteiger partial charge in [-0.25, -0.2) is 0 Å². The second-order valence-electron chi connectivity index (χ2n) is 12.9. The predicted octanol–water partition coefficient (Wildman–Crippen LogP) is 7.80. The zero-order valence-corrected chi connectivity index (χ0v) is 21.9. The first-order valence-electron chi connectivity index (χ1n) is 14.3. The highest BCUT2D eigenvalue weighted by Gasteiger charge is 2.59. The Morgan fingerprint density at radius 2 is 1.88 bits per heavy atom. The highest BCUT2D eigenvalue weighted by atomic mass is 16.5. The average Bonchev–Trinajstić information content (AvgIpc) is 3.14. The summed E-state index contributed by atoms with van der Waals surface area (Å²) < 4.78 is 6.19. The van der Waals surface area contributed by atoms with Crippen molar-refractivity contribution in [3.63, 3.8) is 0 Å².